The van der Waals surface area contributed by atoms with Gasteiger partial charge in [-0.15, -0.1) is 0 Å². The quantitative estimate of drug-likeness (QED) is 0.489. The number of carbonyl (C=O) groups excluding carboxylic acids is 2. The number of aryl methyl sites for hydroxylation is 1. The van der Waals surface area contributed by atoms with E-state index in [-0.39, 0.29) is 17.2 Å². The number of nitrogens with one attached hydrogen (secondary N) is 3. The summed E-state index contributed by atoms with van der Waals surface area (Å²) in [5, 5.41) is 16.7. The van der Waals surface area contributed by atoms with E-state index in [2.05, 4.69) is 42.5 Å². The first-order valence-electron chi connectivity index (χ1n) is 12.3. The van der Waals surface area contributed by atoms with Crippen molar-refractivity contribution in [3.05, 3.63) is 51.8 Å². The number of hydrogen-bond acceptors (Lipinski definition) is 3. The lowest BCUT2D eigenvalue weighted by molar-refractivity contribution is -0.118. The lowest BCUT2D eigenvalue weighted by Crippen LogP contribution is -2.44. The lowest BCUT2D eigenvalue weighted by Gasteiger charge is -2.33. The molecule has 0 fully saturated rings. The maximum absolute atomic E-state index is 13.3. The fourth-order valence-corrected chi connectivity index (χ4v) is 5.53. The highest BCUT2D eigenvalue weighted by Gasteiger charge is 2.36. The Labute approximate surface area is 196 Å². The summed E-state index contributed by atoms with van der Waals surface area (Å²) in [6.45, 7) is 8.20. The van der Waals surface area contributed by atoms with Crippen LogP contribution in [0.2, 0.25) is 0 Å². The number of benzene rings is 1. The number of H-pyrrole nitrogens is 1. The summed E-state index contributed by atoms with van der Waals surface area (Å²) < 4.78 is 0. The van der Waals surface area contributed by atoms with E-state index >= 15 is 0 Å². The van der Waals surface area contributed by atoms with Gasteiger partial charge in [-0.25, -0.2) is 0 Å². The smallest absolute Gasteiger partial charge is 0.268 e. The number of rotatable bonds is 7. The number of aliphatic hydroxyl groups is 1. The van der Waals surface area contributed by atoms with E-state index in [1.54, 1.807) is 0 Å². The second kappa shape index (κ2) is 9.34. The lowest BCUT2D eigenvalue weighted by atomic mass is 9.75. The summed E-state index contributed by atoms with van der Waals surface area (Å²) in [5.41, 5.74) is 6.35. The first-order chi connectivity index (χ1) is 15.7. The van der Waals surface area contributed by atoms with Crippen molar-refractivity contribution in [3.8, 4) is 0 Å². The SMILES string of the molecule is CCCCC(NC(=O)c1[nH]c2c(c1C)C(O)CC(C)(C)C2)C(=O)Nc1cccc2c1CCC2. The molecular weight excluding hydrogens is 414 g/mol. The fourth-order valence-electron chi connectivity index (χ4n) is 5.53. The Morgan fingerprint density at radius 1 is 1.27 bits per heavy atom. The number of aromatic nitrogens is 1. The molecule has 0 saturated heterocycles. The molecule has 2 aliphatic rings. The monoisotopic (exact) mass is 451 g/mol. The van der Waals surface area contributed by atoms with Crippen LogP contribution in [0.4, 0.5) is 5.69 Å². The molecule has 0 radical (unpaired) electrons. The molecule has 1 aromatic heterocycles. The molecule has 0 spiro atoms. The van der Waals surface area contributed by atoms with Crippen LogP contribution < -0.4 is 10.6 Å². The van der Waals surface area contributed by atoms with Crippen LogP contribution in [-0.4, -0.2) is 27.9 Å². The van der Waals surface area contributed by atoms with Gasteiger partial charge in [-0.2, -0.15) is 0 Å². The van der Waals surface area contributed by atoms with Gasteiger partial charge in [-0.3, -0.25) is 9.59 Å². The van der Waals surface area contributed by atoms with Gasteiger partial charge in [0.1, 0.15) is 11.7 Å². The van der Waals surface area contributed by atoms with E-state index in [9.17, 15) is 14.7 Å². The molecule has 1 heterocycles. The molecule has 2 unspecified atom stereocenters. The average Bonchev–Trinajstić information content (AvgIpc) is 3.35. The molecule has 0 bridgehead atoms. The fraction of sp³-hybridized carbons (Fsp3) is 0.556. The van der Waals surface area contributed by atoms with Gasteiger partial charge in [-0.05, 0) is 73.6 Å². The summed E-state index contributed by atoms with van der Waals surface area (Å²) in [6, 6.07) is 5.45. The van der Waals surface area contributed by atoms with Crippen molar-refractivity contribution < 1.29 is 14.7 Å². The molecule has 33 heavy (non-hydrogen) atoms. The number of anilines is 1. The number of fused-ring (bicyclic) bond motifs is 2. The Bertz CT molecular complexity index is 1050. The number of amides is 2. The summed E-state index contributed by atoms with van der Waals surface area (Å²) in [7, 11) is 0. The molecule has 0 saturated carbocycles. The summed E-state index contributed by atoms with van der Waals surface area (Å²) in [5.74, 6) is -0.464. The van der Waals surface area contributed by atoms with Crippen molar-refractivity contribution in [2.45, 2.75) is 91.2 Å². The molecule has 2 aromatic rings. The Kier molecular flexibility index (Phi) is 6.66. The predicted molar refractivity (Wildman–Crippen MR) is 130 cm³/mol. The van der Waals surface area contributed by atoms with E-state index in [1.165, 1.54) is 11.1 Å². The molecule has 0 aliphatic heterocycles. The topological polar surface area (TPSA) is 94.2 Å². The van der Waals surface area contributed by atoms with Gasteiger partial charge in [0.25, 0.3) is 5.91 Å². The van der Waals surface area contributed by atoms with Gasteiger partial charge in [0.15, 0.2) is 0 Å². The van der Waals surface area contributed by atoms with Crippen LogP contribution in [0.1, 0.15) is 97.4 Å². The summed E-state index contributed by atoms with van der Waals surface area (Å²) >= 11 is 0. The van der Waals surface area contributed by atoms with Crippen molar-refractivity contribution >= 4 is 17.5 Å². The van der Waals surface area contributed by atoms with Gasteiger partial charge >= 0.3 is 0 Å². The van der Waals surface area contributed by atoms with Crippen LogP contribution >= 0.6 is 0 Å². The zero-order valence-electron chi connectivity index (χ0n) is 20.3. The van der Waals surface area contributed by atoms with Crippen molar-refractivity contribution in [2.24, 2.45) is 5.41 Å². The van der Waals surface area contributed by atoms with Crippen LogP contribution in [0.3, 0.4) is 0 Å². The minimum atomic E-state index is -0.615. The highest BCUT2D eigenvalue weighted by molar-refractivity contribution is 6.01. The molecule has 4 N–H and O–H groups in total. The Morgan fingerprint density at radius 3 is 2.82 bits per heavy atom. The van der Waals surface area contributed by atoms with Crippen LogP contribution in [0, 0.1) is 12.3 Å². The first-order valence-corrected chi connectivity index (χ1v) is 12.3. The maximum Gasteiger partial charge on any atom is 0.268 e. The second-order valence-corrected chi connectivity index (χ2v) is 10.5. The Balaban J connectivity index is 1.53. The number of aliphatic hydroxyl groups excluding tert-OH is 1. The number of hydrogen-bond donors (Lipinski definition) is 4. The number of aromatic amines is 1. The van der Waals surface area contributed by atoms with E-state index < -0.39 is 12.1 Å². The zero-order valence-corrected chi connectivity index (χ0v) is 20.3. The third-order valence-electron chi connectivity index (χ3n) is 7.21. The molecule has 2 atom stereocenters. The molecule has 178 valence electrons. The van der Waals surface area contributed by atoms with Crippen LogP contribution in [0.25, 0.3) is 0 Å². The van der Waals surface area contributed by atoms with Gasteiger partial charge in [0, 0.05) is 16.9 Å². The molecule has 2 aliphatic carbocycles. The normalized spacial score (nSPS) is 19.5. The Hall–Kier alpha value is -2.60. The second-order valence-electron chi connectivity index (χ2n) is 10.5. The first kappa shape index (κ1) is 23.6. The van der Waals surface area contributed by atoms with E-state index in [0.29, 0.717) is 18.5 Å². The summed E-state index contributed by atoms with van der Waals surface area (Å²) in [6.07, 6.45) is 6.37. The highest BCUT2D eigenvalue weighted by Crippen LogP contribution is 2.42. The van der Waals surface area contributed by atoms with E-state index in [1.807, 2.05) is 19.1 Å². The maximum atomic E-state index is 13.3. The van der Waals surface area contributed by atoms with E-state index in [4.69, 9.17) is 0 Å². The highest BCUT2D eigenvalue weighted by atomic mass is 16.3. The van der Waals surface area contributed by atoms with Gasteiger partial charge in [-0.1, -0.05) is 45.7 Å². The molecule has 6 nitrogen and oxygen atoms in total. The van der Waals surface area contributed by atoms with E-state index in [0.717, 1.165) is 61.0 Å². The molecule has 1 aromatic carbocycles. The van der Waals surface area contributed by atoms with Gasteiger partial charge in [0.2, 0.25) is 5.91 Å². The molecule has 4 rings (SSSR count). The predicted octanol–water partition coefficient (Wildman–Crippen LogP) is 4.74. The standard InChI is InChI=1S/C27H37N3O3/c1-5-6-12-20(25(32)29-19-13-8-10-17-9-7-11-18(17)19)30-26(33)24-16(2)23-21(28-24)14-27(3,4)15-22(23)31/h8,10,13,20,22,28,31H,5-7,9,11-12,14-15H2,1-4H3,(H,29,32)(H,30,33). The van der Waals surface area contributed by atoms with Crippen molar-refractivity contribution in [3.63, 3.8) is 0 Å². The Morgan fingerprint density at radius 2 is 2.06 bits per heavy atom. The number of carbonyl (C=O) groups is 2. The minimum absolute atomic E-state index is 0.0308. The molecule has 2 amide bonds. The van der Waals surface area contributed by atoms with Crippen molar-refractivity contribution in [2.75, 3.05) is 5.32 Å². The number of unbranched alkanes of at least 4 members (excludes halogenated alkanes) is 1. The van der Waals surface area contributed by atoms with Gasteiger partial charge < -0.3 is 20.7 Å². The third-order valence-corrected chi connectivity index (χ3v) is 7.21. The zero-order chi connectivity index (χ0) is 23.8. The minimum Gasteiger partial charge on any atom is -0.388 e. The van der Waals surface area contributed by atoms with Crippen molar-refractivity contribution in [1.29, 1.82) is 0 Å². The van der Waals surface area contributed by atoms with Gasteiger partial charge in [0.05, 0.1) is 6.10 Å². The van der Waals surface area contributed by atoms with Crippen LogP contribution in [0.5, 0.6) is 0 Å². The van der Waals surface area contributed by atoms with Crippen molar-refractivity contribution in [1.82, 2.24) is 10.3 Å². The average molecular weight is 452 g/mol. The third kappa shape index (κ3) is 4.86. The van der Waals surface area contributed by atoms with Crippen LogP contribution in [0.15, 0.2) is 18.2 Å². The van der Waals surface area contributed by atoms with Crippen LogP contribution in [-0.2, 0) is 24.1 Å². The summed E-state index contributed by atoms with van der Waals surface area (Å²) in [4.78, 5) is 29.8. The largest absolute Gasteiger partial charge is 0.388 e. The molecule has 6 heteroatoms. The molecular formula is C27H37N3O3.